The molecule has 2 rings (SSSR count). The van der Waals surface area contributed by atoms with Crippen molar-refractivity contribution in [3.05, 3.63) is 27.3 Å². The summed E-state index contributed by atoms with van der Waals surface area (Å²) in [7, 11) is 0. The smallest absolute Gasteiger partial charge is 0.238 e. The maximum Gasteiger partial charge on any atom is 0.238 e. The summed E-state index contributed by atoms with van der Waals surface area (Å²) in [6.45, 7) is 7.63. The molecule has 0 radical (unpaired) electrons. The fourth-order valence-electron chi connectivity index (χ4n) is 2.35. The predicted molar refractivity (Wildman–Crippen MR) is 91.0 cm³/mol. The van der Waals surface area contributed by atoms with Gasteiger partial charge in [0.15, 0.2) is 0 Å². The van der Waals surface area contributed by atoms with Crippen molar-refractivity contribution in [2.45, 2.75) is 26.3 Å². The normalized spacial score (nSPS) is 15.2. The molecule has 0 spiro atoms. The molecule has 0 unspecified atom stereocenters. The molecule has 0 atom stereocenters. The summed E-state index contributed by atoms with van der Waals surface area (Å²) < 4.78 is 1.19. The number of nitrogens with one attached hydrogen (secondary N) is 2. The van der Waals surface area contributed by atoms with Crippen LogP contribution >= 0.6 is 22.6 Å². The van der Waals surface area contributed by atoms with Crippen molar-refractivity contribution >= 4 is 34.2 Å². The lowest BCUT2D eigenvalue weighted by molar-refractivity contribution is -0.118. The molecular formula is C15H22IN3O. The molecule has 1 aliphatic heterocycles. The Balaban J connectivity index is 1.93. The zero-order valence-corrected chi connectivity index (χ0v) is 14.2. The van der Waals surface area contributed by atoms with Crippen molar-refractivity contribution in [1.29, 1.82) is 0 Å². The molecule has 1 aromatic carbocycles. The van der Waals surface area contributed by atoms with Crippen LogP contribution in [0.5, 0.6) is 0 Å². The third-order valence-electron chi connectivity index (χ3n) is 3.60. The Bertz CT molecular complexity index is 474. The van der Waals surface area contributed by atoms with E-state index in [4.69, 9.17) is 0 Å². The first-order valence-corrected chi connectivity index (χ1v) is 8.18. The van der Waals surface area contributed by atoms with E-state index < -0.39 is 0 Å². The molecule has 4 nitrogen and oxygen atoms in total. The Morgan fingerprint density at radius 3 is 2.80 bits per heavy atom. The lowest BCUT2D eigenvalue weighted by Crippen LogP contribution is -2.58. The van der Waals surface area contributed by atoms with Crippen LogP contribution in [0, 0.1) is 10.5 Å². The minimum Gasteiger partial charge on any atom is -0.325 e. The van der Waals surface area contributed by atoms with Crippen LogP contribution in [0.15, 0.2) is 18.2 Å². The Hall–Kier alpha value is -0.660. The summed E-state index contributed by atoms with van der Waals surface area (Å²) in [5.41, 5.74) is 2.02. The number of amides is 1. The van der Waals surface area contributed by atoms with Crippen LogP contribution in [0.4, 0.5) is 5.69 Å². The van der Waals surface area contributed by atoms with Crippen LogP contribution in [0.25, 0.3) is 0 Å². The molecule has 1 saturated heterocycles. The Labute approximate surface area is 134 Å². The number of benzene rings is 1. The van der Waals surface area contributed by atoms with Crippen molar-refractivity contribution in [1.82, 2.24) is 10.2 Å². The summed E-state index contributed by atoms with van der Waals surface area (Å²) >= 11 is 2.28. The van der Waals surface area contributed by atoms with Gasteiger partial charge in [-0.2, -0.15) is 0 Å². The van der Waals surface area contributed by atoms with Crippen LogP contribution in [0.3, 0.4) is 0 Å². The summed E-state index contributed by atoms with van der Waals surface area (Å²) in [6, 6.07) is 6.58. The van der Waals surface area contributed by atoms with E-state index in [9.17, 15) is 4.79 Å². The van der Waals surface area contributed by atoms with E-state index in [1.54, 1.807) is 0 Å². The number of halogens is 1. The molecule has 110 valence electrons. The van der Waals surface area contributed by atoms with Gasteiger partial charge in [-0.3, -0.25) is 9.69 Å². The zero-order valence-electron chi connectivity index (χ0n) is 12.1. The van der Waals surface area contributed by atoms with E-state index in [0.717, 1.165) is 37.3 Å². The van der Waals surface area contributed by atoms with Gasteiger partial charge >= 0.3 is 0 Å². The number of carbonyl (C=O) groups excluding carboxylic acids is 1. The summed E-state index contributed by atoms with van der Waals surface area (Å²) in [5, 5.41) is 6.29. The fraction of sp³-hybridized carbons (Fsp3) is 0.533. The molecular weight excluding hydrogens is 365 g/mol. The van der Waals surface area contributed by atoms with Gasteiger partial charge in [0.05, 0.1) is 6.54 Å². The molecule has 0 saturated carbocycles. The second kappa shape index (κ2) is 7.38. The summed E-state index contributed by atoms with van der Waals surface area (Å²) in [6.07, 6.45) is 1.08. The first-order chi connectivity index (χ1) is 9.60. The van der Waals surface area contributed by atoms with Crippen molar-refractivity contribution in [2.75, 3.05) is 31.5 Å². The van der Waals surface area contributed by atoms with E-state index in [-0.39, 0.29) is 5.91 Å². The third kappa shape index (κ3) is 4.17. The first-order valence-electron chi connectivity index (χ1n) is 7.11. The molecule has 5 heteroatoms. The Kier molecular flexibility index (Phi) is 5.80. The Morgan fingerprint density at radius 1 is 1.50 bits per heavy atom. The van der Waals surface area contributed by atoms with E-state index in [2.05, 4.69) is 51.1 Å². The Morgan fingerprint density at radius 2 is 2.25 bits per heavy atom. The van der Waals surface area contributed by atoms with Gasteiger partial charge in [0.25, 0.3) is 0 Å². The van der Waals surface area contributed by atoms with Gasteiger partial charge in [0.2, 0.25) is 5.91 Å². The largest absolute Gasteiger partial charge is 0.325 e. The van der Waals surface area contributed by atoms with Gasteiger partial charge in [-0.25, -0.2) is 0 Å². The van der Waals surface area contributed by atoms with E-state index in [1.165, 1.54) is 3.57 Å². The number of hydrogen-bond acceptors (Lipinski definition) is 3. The number of anilines is 1. The molecule has 1 fully saturated rings. The zero-order chi connectivity index (χ0) is 14.5. The first kappa shape index (κ1) is 15.7. The van der Waals surface area contributed by atoms with E-state index in [1.807, 2.05) is 19.1 Å². The monoisotopic (exact) mass is 387 g/mol. The molecule has 2 N–H and O–H groups in total. The van der Waals surface area contributed by atoms with Gasteiger partial charge in [-0.1, -0.05) is 6.92 Å². The molecule has 1 amide bonds. The minimum atomic E-state index is 0.0784. The topological polar surface area (TPSA) is 44.4 Å². The highest BCUT2D eigenvalue weighted by Gasteiger charge is 2.25. The van der Waals surface area contributed by atoms with Crippen molar-refractivity contribution in [2.24, 2.45) is 0 Å². The number of rotatable bonds is 6. The summed E-state index contributed by atoms with van der Waals surface area (Å²) in [5.74, 6) is 0.0784. The van der Waals surface area contributed by atoms with Crippen LogP contribution in [0.1, 0.15) is 18.9 Å². The molecule has 0 aliphatic carbocycles. The maximum atomic E-state index is 12.2. The van der Waals surface area contributed by atoms with Gasteiger partial charge in [-0.05, 0) is 66.2 Å². The summed E-state index contributed by atoms with van der Waals surface area (Å²) in [4.78, 5) is 14.5. The maximum absolute atomic E-state index is 12.2. The molecule has 0 bridgehead atoms. The van der Waals surface area contributed by atoms with Crippen LogP contribution < -0.4 is 10.6 Å². The number of hydrogen-bond donors (Lipinski definition) is 2. The van der Waals surface area contributed by atoms with Crippen LogP contribution in [0.2, 0.25) is 0 Å². The number of nitrogens with zero attached hydrogens (tertiary/aromatic N) is 1. The van der Waals surface area contributed by atoms with Crippen molar-refractivity contribution in [3.63, 3.8) is 0 Å². The lowest BCUT2D eigenvalue weighted by atomic mass is 10.1. The van der Waals surface area contributed by atoms with Crippen molar-refractivity contribution in [3.8, 4) is 0 Å². The van der Waals surface area contributed by atoms with Crippen molar-refractivity contribution < 1.29 is 4.79 Å². The number of carbonyl (C=O) groups is 1. The molecule has 20 heavy (non-hydrogen) atoms. The second-order valence-corrected chi connectivity index (χ2v) is 6.54. The van der Waals surface area contributed by atoms with E-state index in [0.29, 0.717) is 12.6 Å². The van der Waals surface area contributed by atoms with Gasteiger partial charge in [-0.15, -0.1) is 0 Å². The molecule has 1 aliphatic rings. The van der Waals surface area contributed by atoms with Gasteiger partial charge in [0, 0.05) is 28.4 Å². The lowest BCUT2D eigenvalue weighted by Gasteiger charge is -2.37. The quantitative estimate of drug-likeness (QED) is 0.736. The molecule has 1 aromatic rings. The second-order valence-electron chi connectivity index (χ2n) is 5.29. The minimum absolute atomic E-state index is 0.0784. The highest BCUT2D eigenvalue weighted by molar-refractivity contribution is 14.1. The van der Waals surface area contributed by atoms with Gasteiger partial charge < -0.3 is 10.6 Å². The average molecular weight is 387 g/mol. The van der Waals surface area contributed by atoms with Crippen LogP contribution in [-0.2, 0) is 4.79 Å². The number of aryl methyl sites for hydroxylation is 1. The molecule has 1 heterocycles. The highest BCUT2D eigenvalue weighted by Crippen LogP contribution is 2.17. The third-order valence-corrected chi connectivity index (χ3v) is 4.27. The predicted octanol–water partition coefficient (Wildman–Crippen LogP) is 2.22. The SMILES string of the molecule is CCCN(CC(=O)Nc1ccc(I)cc1C)C1CNC1. The fourth-order valence-corrected chi connectivity index (χ4v) is 3.00. The van der Waals surface area contributed by atoms with Crippen LogP contribution in [-0.4, -0.2) is 43.0 Å². The van der Waals surface area contributed by atoms with Gasteiger partial charge in [0.1, 0.15) is 0 Å². The average Bonchev–Trinajstić information content (AvgIpc) is 2.31. The van der Waals surface area contributed by atoms with E-state index >= 15 is 0 Å². The standard InChI is InChI=1S/C15H22IN3O/c1-3-6-19(13-8-17-9-13)10-15(20)18-14-5-4-12(16)7-11(14)2/h4-5,7,13,17H,3,6,8-10H2,1-2H3,(H,18,20). The molecule has 0 aromatic heterocycles. The highest BCUT2D eigenvalue weighted by atomic mass is 127.